The summed E-state index contributed by atoms with van der Waals surface area (Å²) in [5.74, 6) is 0.729. The minimum absolute atomic E-state index is 0.131. The third kappa shape index (κ3) is 7.43. The fourth-order valence-corrected chi connectivity index (χ4v) is 5.01. The summed E-state index contributed by atoms with van der Waals surface area (Å²) in [5.41, 5.74) is 3.59. The van der Waals surface area contributed by atoms with Crippen LogP contribution in [0.3, 0.4) is 0 Å². The zero-order chi connectivity index (χ0) is 23.0. The Morgan fingerprint density at radius 3 is 2.22 bits per heavy atom. The van der Waals surface area contributed by atoms with Gasteiger partial charge in [0.15, 0.2) is 0 Å². The van der Waals surface area contributed by atoms with Crippen LogP contribution in [0, 0.1) is 6.92 Å². The number of aryl methyl sites for hydroxylation is 1. The van der Waals surface area contributed by atoms with Crippen molar-refractivity contribution in [1.82, 2.24) is 0 Å². The number of hydrogen-bond acceptors (Lipinski definition) is 4. The second kappa shape index (κ2) is 11.2. The van der Waals surface area contributed by atoms with Gasteiger partial charge >= 0.3 is 0 Å². The number of nitrogens with zero attached hydrogens (tertiary/aromatic N) is 1. The fraction of sp³-hybridized carbons (Fsp3) is 0.240. The lowest BCUT2D eigenvalue weighted by molar-refractivity contribution is -0.116. The predicted octanol–water partition coefficient (Wildman–Crippen LogP) is 5.47. The summed E-state index contributed by atoms with van der Waals surface area (Å²) < 4.78 is 25.7. The average Bonchev–Trinajstić information content (AvgIpc) is 2.77. The molecule has 0 spiro atoms. The lowest BCUT2D eigenvalue weighted by Gasteiger charge is -2.22. The zero-order valence-corrected chi connectivity index (χ0v) is 20.0. The van der Waals surface area contributed by atoms with E-state index in [1.165, 1.54) is 21.0 Å². The number of carbonyl (C=O) groups excluding carboxylic acids is 1. The van der Waals surface area contributed by atoms with Crippen LogP contribution < -0.4 is 9.62 Å². The molecule has 0 aliphatic carbocycles. The molecular formula is C25H28N2O3S2. The number of nitrogens with one attached hydrogen (secondary N) is 1. The van der Waals surface area contributed by atoms with Gasteiger partial charge in [-0.15, -0.1) is 11.8 Å². The number of rotatable bonds is 10. The number of anilines is 2. The molecule has 5 nitrogen and oxygen atoms in total. The molecule has 3 aromatic carbocycles. The molecular weight excluding hydrogens is 440 g/mol. The molecule has 0 heterocycles. The van der Waals surface area contributed by atoms with E-state index in [0.717, 1.165) is 17.0 Å². The van der Waals surface area contributed by atoms with Crippen molar-refractivity contribution in [2.45, 2.75) is 30.4 Å². The van der Waals surface area contributed by atoms with Gasteiger partial charge in [-0.3, -0.25) is 9.10 Å². The minimum atomic E-state index is -3.42. The molecule has 7 heteroatoms. The summed E-state index contributed by atoms with van der Waals surface area (Å²) in [7, 11) is -3.42. The van der Waals surface area contributed by atoms with Gasteiger partial charge in [-0.2, -0.15) is 0 Å². The van der Waals surface area contributed by atoms with Gasteiger partial charge < -0.3 is 5.32 Å². The lowest BCUT2D eigenvalue weighted by Crippen LogP contribution is -2.31. The Morgan fingerprint density at radius 2 is 1.59 bits per heavy atom. The second-order valence-corrected chi connectivity index (χ2v) is 10.6. The molecule has 3 aromatic rings. The van der Waals surface area contributed by atoms with E-state index in [1.54, 1.807) is 23.9 Å². The molecule has 0 fully saturated rings. The van der Waals surface area contributed by atoms with E-state index in [0.29, 0.717) is 12.1 Å². The van der Waals surface area contributed by atoms with Crippen LogP contribution in [0.1, 0.15) is 24.0 Å². The van der Waals surface area contributed by atoms with Crippen LogP contribution >= 0.6 is 11.8 Å². The maximum atomic E-state index is 12.3. The largest absolute Gasteiger partial charge is 0.326 e. The van der Waals surface area contributed by atoms with Gasteiger partial charge in [0.05, 0.1) is 11.9 Å². The lowest BCUT2D eigenvalue weighted by atomic mass is 10.2. The average molecular weight is 469 g/mol. The smallest absolute Gasteiger partial charge is 0.232 e. The van der Waals surface area contributed by atoms with Crippen LogP contribution in [-0.2, 0) is 20.6 Å². The first-order chi connectivity index (χ1) is 15.3. The quantitative estimate of drug-likeness (QED) is 0.401. The second-order valence-electron chi connectivity index (χ2n) is 7.62. The fourth-order valence-electron chi connectivity index (χ4n) is 3.17. The molecule has 0 aromatic heterocycles. The maximum Gasteiger partial charge on any atom is 0.232 e. The molecule has 0 radical (unpaired) electrons. The summed E-state index contributed by atoms with van der Waals surface area (Å²) in [6, 6.07) is 25.4. The van der Waals surface area contributed by atoms with Crippen molar-refractivity contribution in [3.05, 3.63) is 90.0 Å². The van der Waals surface area contributed by atoms with Crippen LogP contribution in [0.15, 0.2) is 83.8 Å². The van der Waals surface area contributed by atoms with Crippen LogP contribution in [-0.4, -0.2) is 27.1 Å². The Bertz CT molecular complexity index is 1110. The van der Waals surface area contributed by atoms with Gasteiger partial charge in [0.25, 0.3) is 0 Å². The summed E-state index contributed by atoms with van der Waals surface area (Å²) in [5, 5.41) is 2.89. The normalized spacial score (nSPS) is 11.2. The van der Waals surface area contributed by atoms with E-state index < -0.39 is 10.0 Å². The number of amides is 1. The predicted molar refractivity (Wildman–Crippen MR) is 134 cm³/mol. The molecule has 0 atom stereocenters. The van der Waals surface area contributed by atoms with Gasteiger partial charge in [-0.25, -0.2) is 8.42 Å². The van der Waals surface area contributed by atoms with Crippen LogP contribution in [0.4, 0.5) is 11.4 Å². The van der Waals surface area contributed by atoms with Crippen molar-refractivity contribution in [2.24, 2.45) is 0 Å². The highest BCUT2D eigenvalue weighted by Crippen LogP contribution is 2.23. The molecule has 168 valence electrons. The monoisotopic (exact) mass is 468 g/mol. The molecule has 0 unspecified atom stereocenters. The maximum absolute atomic E-state index is 12.3. The van der Waals surface area contributed by atoms with Gasteiger partial charge in [-0.05, 0) is 55.3 Å². The number of carbonyl (C=O) groups is 1. The highest BCUT2D eigenvalue weighted by Gasteiger charge is 2.17. The first-order valence-corrected chi connectivity index (χ1v) is 13.3. The van der Waals surface area contributed by atoms with Crippen molar-refractivity contribution in [3.63, 3.8) is 0 Å². The summed E-state index contributed by atoms with van der Waals surface area (Å²) in [4.78, 5) is 13.6. The molecule has 1 N–H and O–H groups in total. The standard InChI is InChI=1S/C25H28N2O3S2/c1-20-10-16-23(17-11-20)27(32(2,29)30)18-6-9-25(28)26-22-14-12-21(13-15-22)19-31-24-7-4-3-5-8-24/h3-5,7-8,10-17H,6,9,18-19H2,1-2H3,(H,26,28). The summed E-state index contributed by atoms with van der Waals surface area (Å²) in [6.07, 6.45) is 1.85. The number of thioether (sulfide) groups is 1. The van der Waals surface area contributed by atoms with Crippen molar-refractivity contribution < 1.29 is 13.2 Å². The first-order valence-electron chi connectivity index (χ1n) is 10.4. The highest BCUT2D eigenvalue weighted by molar-refractivity contribution is 7.98. The van der Waals surface area contributed by atoms with E-state index in [4.69, 9.17) is 0 Å². The van der Waals surface area contributed by atoms with Gasteiger partial charge in [0.2, 0.25) is 15.9 Å². The SMILES string of the molecule is Cc1ccc(N(CCCC(=O)Nc2ccc(CSc3ccccc3)cc2)S(C)(=O)=O)cc1. The van der Waals surface area contributed by atoms with Crippen molar-refractivity contribution >= 4 is 39.1 Å². The number of benzene rings is 3. The van der Waals surface area contributed by atoms with Crippen molar-refractivity contribution in [3.8, 4) is 0 Å². The molecule has 0 saturated carbocycles. The van der Waals surface area contributed by atoms with E-state index in [1.807, 2.05) is 61.5 Å². The Kier molecular flexibility index (Phi) is 8.36. The molecule has 0 bridgehead atoms. The molecule has 3 rings (SSSR count). The van der Waals surface area contributed by atoms with Crippen LogP contribution in [0.2, 0.25) is 0 Å². The number of sulfonamides is 1. The van der Waals surface area contributed by atoms with Gasteiger partial charge in [0, 0.05) is 29.3 Å². The van der Waals surface area contributed by atoms with E-state index in [2.05, 4.69) is 17.4 Å². The van der Waals surface area contributed by atoms with Crippen LogP contribution in [0.5, 0.6) is 0 Å². The van der Waals surface area contributed by atoms with Gasteiger partial charge in [0.1, 0.15) is 0 Å². The molecule has 32 heavy (non-hydrogen) atoms. The minimum Gasteiger partial charge on any atom is -0.326 e. The summed E-state index contributed by atoms with van der Waals surface area (Å²) in [6.45, 7) is 2.21. The third-order valence-corrected chi connectivity index (χ3v) is 7.15. The Labute approximate surface area is 194 Å². The first kappa shape index (κ1) is 23.9. The Balaban J connectivity index is 1.48. The highest BCUT2D eigenvalue weighted by atomic mass is 32.2. The molecule has 0 aliphatic rings. The number of hydrogen-bond donors (Lipinski definition) is 1. The van der Waals surface area contributed by atoms with E-state index in [9.17, 15) is 13.2 Å². The zero-order valence-electron chi connectivity index (χ0n) is 18.3. The topological polar surface area (TPSA) is 66.5 Å². The Hall–Kier alpha value is -2.77. The Morgan fingerprint density at radius 1 is 0.938 bits per heavy atom. The van der Waals surface area contributed by atoms with E-state index in [-0.39, 0.29) is 18.9 Å². The molecule has 0 aliphatic heterocycles. The van der Waals surface area contributed by atoms with Crippen molar-refractivity contribution in [1.29, 1.82) is 0 Å². The molecule has 0 saturated heterocycles. The van der Waals surface area contributed by atoms with Crippen LogP contribution in [0.25, 0.3) is 0 Å². The third-order valence-electron chi connectivity index (χ3n) is 4.87. The molecule has 1 amide bonds. The summed E-state index contributed by atoms with van der Waals surface area (Å²) >= 11 is 1.77. The van der Waals surface area contributed by atoms with Gasteiger partial charge in [-0.1, -0.05) is 48.0 Å². The van der Waals surface area contributed by atoms with Crippen molar-refractivity contribution in [2.75, 3.05) is 22.4 Å². The van der Waals surface area contributed by atoms with E-state index >= 15 is 0 Å².